The summed E-state index contributed by atoms with van der Waals surface area (Å²) in [6.07, 6.45) is 13.8. The number of hydrogen-bond donors (Lipinski definition) is 0. The lowest BCUT2D eigenvalue weighted by atomic mass is 9.94. The fourth-order valence-electron chi connectivity index (χ4n) is 10.1. The van der Waals surface area contributed by atoms with Crippen molar-refractivity contribution in [2.24, 2.45) is 0 Å². The highest BCUT2D eigenvalue weighted by molar-refractivity contribution is 5.79. The van der Waals surface area contributed by atoms with Crippen LogP contribution in [-0.4, -0.2) is 178 Å². The van der Waals surface area contributed by atoms with Gasteiger partial charge in [-0.05, 0) is 62.4 Å². The molecule has 2 aromatic rings. The molecule has 314 valence electrons. The van der Waals surface area contributed by atoms with Gasteiger partial charge in [0, 0.05) is 134 Å². The zero-order chi connectivity index (χ0) is 39.4. The number of rotatable bonds is 9. The van der Waals surface area contributed by atoms with E-state index in [1.54, 1.807) is 7.11 Å². The minimum absolute atomic E-state index is 0.308. The Morgan fingerprint density at radius 1 is 0.526 bits per heavy atom. The van der Waals surface area contributed by atoms with Crippen LogP contribution in [0.1, 0.15) is 69.8 Å². The van der Waals surface area contributed by atoms with E-state index in [9.17, 15) is 9.59 Å². The van der Waals surface area contributed by atoms with Gasteiger partial charge in [0.1, 0.15) is 5.75 Å². The average molecular weight is 785 g/mol. The molecule has 2 amide bonds. The van der Waals surface area contributed by atoms with E-state index in [-0.39, 0.29) is 0 Å². The minimum Gasteiger partial charge on any atom is -0.497 e. The number of aryl methyl sites for hydroxylation is 1. The molecule has 0 atom stereocenters. The van der Waals surface area contributed by atoms with Gasteiger partial charge < -0.3 is 24.3 Å². The summed E-state index contributed by atoms with van der Waals surface area (Å²) < 4.78 is 5.34. The number of benzene rings is 2. The van der Waals surface area contributed by atoms with Crippen LogP contribution < -0.4 is 14.5 Å². The summed E-state index contributed by atoms with van der Waals surface area (Å²) >= 11 is 0. The number of carbonyl (C=O) groups excluding carboxylic acids is 2. The number of ether oxygens (including phenoxy) is 1. The fourth-order valence-corrected chi connectivity index (χ4v) is 10.1. The largest absolute Gasteiger partial charge is 0.497 e. The number of anilines is 2. The van der Waals surface area contributed by atoms with Crippen molar-refractivity contribution in [3.63, 3.8) is 0 Å². The molecule has 6 fully saturated rings. The minimum atomic E-state index is 0.308. The van der Waals surface area contributed by atoms with Crippen molar-refractivity contribution in [3.05, 3.63) is 54.1 Å². The quantitative estimate of drug-likeness (QED) is 0.354. The van der Waals surface area contributed by atoms with Gasteiger partial charge in [0.15, 0.2) is 0 Å². The van der Waals surface area contributed by atoms with Crippen molar-refractivity contribution in [3.8, 4) is 5.75 Å². The third-order valence-electron chi connectivity index (χ3n) is 13.8. The van der Waals surface area contributed by atoms with Crippen molar-refractivity contribution in [2.75, 3.05) is 135 Å². The predicted octanol–water partition coefficient (Wildman–Crippen LogP) is 4.89. The van der Waals surface area contributed by atoms with Crippen LogP contribution in [0.2, 0.25) is 0 Å². The number of nitrogens with zero attached hydrogens (tertiary/aromatic N) is 8. The Hall–Kier alpha value is -3.38. The van der Waals surface area contributed by atoms with Gasteiger partial charge in [-0.3, -0.25) is 29.2 Å². The number of methoxy groups -OCH3 is 1. The number of amides is 2. The van der Waals surface area contributed by atoms with E-state index < -0.39 is 0 Å². The lowest BCUT2D eigenvalue weighted by Gasteiger charge is -2.41. The van der Waals surface area contributed by atoms with E-state index in [0.29, 0.717) is 24.9 Å². The van der Waals surface area contributed by atoms with Gasteiger partial charge in [0.2, 0.25) is 11.8 Å². The normalized spacial score (nSPS) is 22.9. The van der Waals surface area contributed by atoms with Gasteiger partial charge in [-0.1, -0.05) is 56.7 Å². The molecule has 57 heavy (non-hydrogen) atoms. The molecular formula is C46H72N8O3. The Bertz CT molecular complexity index is 1530. The van der Waals surface area contributed by atoms with Gasteiger partial charge in [-0.25, -0.2) is 0 Å². The first kappa shape index (κ1) is 41.8. The summed E-state index contributed by atoms with van der Waals surface area (Å²) in [6, 6.07) is 18.5. The van der Waals surface area contributed by atoms with E-state index in [2.05, 4.69) is 82.5 Å². The molecule has 2 aliphatic carbocycles. The third-order valence-corrected chi connectivity index (χ3v) is 13.8. The maximum absolute atomic E-state index is 12.8. The first-order valence-corrected chi connectivity index (χ1v) is 22.6. The second kappa shape index (κ2) is 21.0. The number of hydrogen-bond acceptors (Lipinski definition) is 9. The van der Waals surface area contributed by atoms with Crippen molar-refractivity contribution in [1.29, 1.82) is 0 Å². The van der Waals surface area contributed by atoms with E-state index in [1.165, 1.54) is 81.1 Å². The smallest absolute Gasteiger partial charge is 0.236 e. The Balaban J connectivity index is 0.000000174. The topological polar surface area (TPSA) is 69.3 Å². The average Bonchev–Trinajstić information content (AvgIpc) is 3.28. The molecule has 6 aliphatic rings. The molecule has 2 aromatic carbocycles. The summed E-state index contributed by atoms with van der Waals surface area (Å²) in [6.45, 7) is 18.9. The lowest BCUT2D eigenvalue weighted by molar-refractivity contribution is -0.135. The van der Waals surface area contributed by atoms with Crippen LogP contribution in [0.25, 0.3) is 0 Å². The highest BCUT2D eigenvalue weighted by Crippen LogP contribution is 2.26. The maximum Gasteiger partial charge on any atom is 0.236 e. The van der Waals surface area contributed by atoms with E-state index in [1.807, 2.05) is 12.1 Å². The van der Waals surface area contributed by atoms with Crippen LogP contribution in [0.15, 0.2) is 48.5 Å². The molecule has 0 spiro atoms. The summed E-state index contributed by atoms with van der Waals surface area (Å²) in [5.41, 5.74) is 3.82. The Kier molecular flexibility index (Phi) is 15.4. The molecule has 0 aromatic heterocycles. The highest BCUT2D eigenvalue weighted by Gasteiger charge is 2.30. The predicted molar refractivity (Wildman–Crippen MR) is 232 cm³/mol. The van der Waals surface area contributed by atoms with Gasteiger partial charge in [-0.2, -0.15) is 0 Å². The van der Waals surface area contributed by atoms with Crippen molar-refractivity contribution < 1.29 is 14.3 Å². The van der Waals surface area contributed by atoms with Crippen LogP contribution in [0.5, 0.6) is 5.75 Å². The van der Waals surface area contributed by atoms with Crippen LogP contribution in [-0.2, 0) is 9.59 Å². The molecular weight excluding hydrogens is 713 g/mol. The van der Waals surface area contributed by atoms with Crippen LogP contribution in [0.3, 0.4) is 0 Å². The molecule has 11 nitrogen and oxygen atoms in total. The van der Waals surface area contributed by atoms with Crippen LogP contribution in [0, 0.1) is 6.92 Å². The van der Waals surface area contributed by atoms with Crippen molar-refractivity contribution >= 4 is 23.2 Å². The zero-order valence-corrected chi connectivity index (χ0v) is 35.4. The van der Waals surface area contributed by atoms with E-state index in [4.69, 9.17) is 4.74 Å². The molecule has 8 rings (SSSR count). The van der Waals surface area contributed by atoms with E-state index >= 15 is 0 Å². The van der Waals surface area contributed by atoms with Gasteiger partial charge in [0.05, 0.1) is 20.2 Å². The second-order valence-electron chi connectivity index (χ2n) is 17.5. The van der Waals surface area contributed by atoms with Crippen LogP contribution >= 0.6 is 0 Å². The molecule has 4 aliphatic heterocycles. The first-order valence-electron chi connectivity index (χ1n) is 22.6. The van der Waals surface area contributed by atoms with E-state index in [0.717, 1.165) is 123 Å². The highest BCUT2D eigenvalue weighted by atomic mass is 16.5. The standard InChI is InChI=1S/C23H36N4O2.C23H36N4O/c1-29-22-9-5-8-21(18-22)26-12-10-24(11-13-26)19-23(28)27-16-14-25(15-17-27)20-6-3-2-4-7-20;1-20-6-5-9-22(18-20)26-12-10-24(11-13-26)19-23(28)27-16-14-25(15-17-27)21-7-3-2-4-8-21/h5,8-9,18,20H,2-4,6-7,10-17,19H2,1H3;5-6,9,18,21H,2-4,7-8,10-17,19H2,1H3. The summed E-state index contributed by atoms with van der Waals surface area (Å²) in [7, 11) is 1.71. The molecule has 4 heterocycles. The van der Waals surface area contributed by atoms with Crippen molar-refractivity contribution in [1.82, 2.24) is 29.4 Å². The summed E-state index contributed by atoms with van der Waals surface area (Å²) in [5.74, 6) is 1.53. The maximum atomic E-state index is 12.8. The molecule has 0 radical (unpaired) electrons. The third kappa shape index (κ3) is 11.9. The second-order valence-corrected chi connectivity index (χ2v) is 17.5. The van der Waals surface area contributed by atoms with Crippen molar-refractivity contribution in [2.45, 2.75) is 83.2 Å². The lowest BCUT2D eigenvalue weighted by Crippen LogP contribution is -2.55. The van der Waals surface area contributed by atoms with Crippen LogP contribution in [0.4, 0.5) is 11.4 Å². The van der Waals surface area contributed by atoms with Gasteiger partial charge in [0.25, 0.3) is 0 Å². The molecule has 2 saturated carbocycles. The van der Waals surface area contributed by atoms with Gasteiger partial charge in [-0.15, -0.1) is 0 Å². The Labute approximate surface area is 343 Å². The molecule has 11 heteroatoms. The molecule has 0 bridgehead atoms. The molecule has 0 unspecified atom stereocenters. The zero-order valence-electron chi connectivity index (χ0n) is 35.4. The summed E-state index contributed by atoms with van der Waals surface area (Å²) in [5, 5.41) is 0. The molecule has 0 N–H and O–H groups in total. The number of carbonyl (C=O) groups is 2. The summed E-state index contributed by atoms with van der Waals surface area (Å²) in [4.78, 5) is 44.6. The molecule has 4 saturated heterocycles. The SMILES string of the molecule is COc1cccc(N2CCN(CC(=O)N3CCN(C4CCCCC4)CC3)CC2)c1.Cc1cccc(N2CCN(CC(=O)N3CCN(C4CCCCC4)CC3)CC2)c1. The Morgan fingerprint density at radius 3 is 1.37 bits per heavy atom. The first-order chi connectivity index (χ1) is 27.9. The number of piperazine rings is 4. The van der Waals surface area contributed by atoms with Gasteiger partial charge >= 0.3 is 0 Å². The fraction of sp³-hybridized carbons (Fsp3) is 0.696. The Morgan fingerprint density at radius 2 is 0.947 bits per heavy atom. The monoisotopic (exact) mass is 785 g/mol.